The first-order chi connectivity index (χ1) is 9.88. The zero-order valence-electron chi connectivity index (χ0n) is 10.2. The highest BCUT2D eigenvalue weighted by atomic mass is 35.5. The summed E-state index contributed by atoms with van der Waals surface area (Å²) in [4.78, 5) is 20.8. The molecule has 6 nitrogen and oxygen atoms in total. The van der Waals surface area contributed by atoms with E-state index >= 15 is 0 Å². The molecule has 0 aliphatic carbocycles. The van der Waals surface area contributed by atoms with Gasteiger partial charge in [0.15, 0.2) is 11.6 Å². The van der Waals surface area contributed by atoms with E-state index in [-0.39, 0.29) is 22.1 Å². The first kappa shape index (κ1) is 14.7. The molecule has 2 rings (SSSR count). The van der Waals surface area contributed by atoms with E-state index in [2.05, 4.69) is 0 Å². The zero-order chi connectivity index (χ0) is 15.6. The standard InChI is InChI=1S/C13H7ClFNO5/c14-7-1-3-9(13(17)18)12(5-7)21-11-4-2-8(16(19)20)6-10(11)15/h1-6H,(H,17,18). The minimum absolute atomic E-state index is 0.164. The van der Waals surface area contributed by atoms with Crippen LogP contribution >= 0.6 is 11.6 Å². The van der Waals surface area contributed by atoms with Crippen molar-refractivity contribution in [3.05, 3.63) is 62.9 Å². The molecule has 0 unspecified atom stereocenters. The second kappa shape index (κ2) is 5.76. The molecule has 0 saturated heterocycles. The number of nitrogens with zero attached hydrogens (tertiary/aromatic N) is 1. The fraction of sp³-hybridized carbons (Fsp3) is 0. The van der Waals surface area contributed by atoms with Gasteiger partial charge in [-0.15, -0.1) is 0 Å². The largest absolute Gasteiger partial charge is 0.478 e. The van der Waals surface area contributed by atoms with Crippen LogP contribution in [0.25, 0.3) is 0 Å². The summed E-state index contributed by atoms with van der Waals surface area (Å²) in [7, 11) is 0. The van der Waals surface area contributed by atoms with E-state index in [1.807, 2.05) is 0 Å². The molecule has 0 aliphatic rings. The molecule has 2 aromatic rings. The van der Waals surface area contributed by atoms with Crippen LogP contribution < -0.4 is 4.74 Å². The topological polar surface area (TPSA) is 89.7 Å². The van der Waals surface area contributed by atoms with Crippen molar-refractivity contribution in [1.82, 2.24) is 0 Å². The summed E-state index contributed by atoms with van der Waals surface area (Å²) >= 11 is 5.74. The Morgan fingerprint density at radius 2 is 1.95 bits per heavy atom. The Hall–Kier alpha value is -2.67. The van der Waals surface area contributed by atoms with E-state index in [9.17, 15) is 19.3 Å². The summed E-state index contributed by atoms with van der Waals surface area (Å²) in [5, 5.41) is 19.7. The van der Waals surface area contributed by atoms with E-state index in [4.69, 9.17) is 21.4 Å². The second-order valence-corrected chi connectivity index (χ2v) is 4.36. The molecule has 1 N–H and O–H groups in total. The zero-order valence-corrected chi connectivity index (χ0v) is 11.0. The van der Waals surface area contributed by atoms with Gasteiger partial charge in [0.25, 0.3) is 5.69 Å². The van der Waals surface area contributed by atoms with Gasteiger partial charge in [-0.05, 0) is 18.2 Å². The van der Waals surface area contributed by atoms with Gasteiger partial charge in [-0.25, -0.2) is 9.18 Å². The van der Waals surface area contributed by atoms with Crippen molar-refractivity contribution >= 4 is 23.3 Å². The molecule has 0 atom stereocenters. The number of nitro groups is 1. The molecule has 0 radical (unpaired) electrons. The van der Waals surface area contributed by atoms with Gasteiger partial charge in [0.2, 0.25) is 0 Å². The molecule has 0 bridgehead atoms. The maximum Gasteiger partial charge on any atom is 0.339 e. The van der Waals surface area contributed by atoms with Crippen molar-refractivity contribution in [2.24, 2.45) is 0 Å². The van der Waals surface area contributed by atoms with E-state index in [1.165, 1.54) is 18.2 Å². The summed E-state index contributed by atoms with van der Waals surface area (Å²) in [5.74, 6) is -2.77. The van der Waals surface area contributed by atoms with Crippen LogP contribution in [0.4, 0.5) is 10.1 Å². The van der Waals surface area contributed by atoms with E-state index < -0.39 is 22.4 Å². The lowest BCUT2D eigenvalue weighted by atomic mass is 10.2. The Kier molecular flexibility index (Phi) is 4.04. The van der Waals surface area contributed by atoms with E-state index in [1.54, 1.807) is 0 Å². The molecule has 0 spiro atoms. The van der Waals surface area contributed by atoms with E-state index in [0.29, 0.717) is 6.07 Å². The molecule has 0 heterocycles. The molecular weight excluding hydrogens is 305 g/mol. The number of rotatable bonds is 4. The summed E-state index contributed by atoms with van der Waals surface area (Å²) < 4.78 is 18.9. The SMILES string of the molecule is O=C(O)c1ccc(Cl)cc1Oc1ccc([N+](=O)[O-])cc1F. The molecule has 0 aliphatic heterocycles. The average molecular weight is 312 g/mol. The molecule has 8 heteroatoms. The van der Waals surface area contributed by atoms with Crippen molar-refractivity contribution in [3.8, 4) is 11.5 Å². The number of carbonyl (C=O) groups is 1. The highest BCUT2D eigenvalue weighted by Gasteiger charge is 2.16. The lowest BCUT2D eigenvalue weighted by Gasteiger charge is -2.09. The number of aromatic carboxylic acids is 1. The number of nitro benzene ring substituents is 1. The van der Waals surface area contributed by atoms with Crippen molar-refractivity contribution in [1.29, 1.82) is 0 Å². The van der Waals surface area contributed by atoms with Crippen molar-refractivity contribution in [3.63, 3.8) is 0 Å². The highest BCUT2D eigenvalue weighted by Crippen LogP contribution is 2.31. The molecule has 0 aromatic heterocycles. The second-order valence-electron chi connectivity index (χ2n) is 3.92. The monoisotopic (exact) mass is 311 g/mol. The Bertz CT molecular complexity index is 734. The number of carboxylic acids is 1. The first-order valence-corrected chi connectivity index (χ1v) is 5.91. The smallest absolute Gasteiger partial charge is 0.339 e. The third kappa shape index (κ3) is 3.26. The molecule has 108 valence electrons. The predicted octanol–water partition coefficient (Wildman–Crippen LogP) is 3.88. The number of benzene rings is 2. The van der Waals surface area contributed by atoms with Gasteiger partial charge in [-0.2, -0.15) is 0 Å². The molecule has 21 heavy (non-hydrogen) atoms. The summed E-state index contributed by atoms with van der Waals surface area (Å²) in [6.45, 7) is 0. The number of ether oxygens (including phenoxy) is 1. The van der Waals surface area contributed by atoms with Gasteiger partial charge in [-0.1, -0.05) is 11.6 Å². The fourth-order valence-corrected chi connectivity index (χ4v) is 1.72. The summed E-state index contributed by atoms with van der Waals surface area (Å²) in [6.07, 6.45) is 0. The minimum Gasteiger partial charge on any atom is -0.478 e. The van der Waals surface area contributed by atoms with Crippen LogP contribution in [-0.4, -0.2) is 16.0 Å². The predicted molar refractivity (Wildman–Crippen MR) is 71.5 cm³/mol. The third-order valence-corrected chi connectivity index (χ3v) is 2.76. The van der Waals surface area contributed by atoms with Crippen LogP contribution in [0.5, 0.6) is 11.5 Å². The van der Waals surface area contributed by atoms with Gasteiger partial charge in [0, 0.05) is 17.2 Å². The van der Waals surface area contributed by atoms with Crippen LogP contribution in [0.3, 0.4) is 0 Å². The quantitative estimate of drug-likeness (QED) is 0.683. The van der Waals surface area contributed by atoms with Gasteiger partial charge >= 0.3 is 5.97 Å². The fourth-order valence-electron chi connectivity index (χ4n) is 1.56. The van der Waals surface area contributed by atoms with Crippen LogP contribution in [-0.2, 0) is 0 Å². The normalized spacial score (nSPS) is 10.2. The van der Waals surface area contributed by atoms with Crippen LogP contribution in [0.15, 0.2) is 36.4 Å². The third-order valence-electron chi connectivity index (χ3n) is 2.52. The van der Waals surface area contributed by atoms with E-state index in [0.717, 1.165) is 12.1 Å². The van der Waals surface area contributed by atoms with Gasteiger partial charge in [0.05, 0.1) is 11.0 Å². The molecule has 0 amide bonds. The Balaban J connectivity index is 2.40. The van der Waals surface area contributed by atoms with Crippen LogP contribution in [0.2, 0.25) is 5.02 Å². The Morgan fingerprint density at radius 1 is 1.24 bits per heavy atom. The lowest BCUT2D eigenvalue weighted by Crippen LogP contribution is -2.01. The minimum atomic E-state index is -1.27. The van der Waals surface area contributed by atoms with Gasteiger partial charge in [-0.3, -0.25) is 10.1 Å². The molecular formula is C13H7ClFNO5. The number of non-ortho nitro benzene ring substituents is 1. The maximum atomic E-state index is 13.7. The summed E-state index contributed by atoms with van der Waals surface area (Å²) in [6, 6.07) is 6.54. The van der Waals surface area contributed by atoms with Gasteiger partial charge < -0.3 is 9.84 Å². The number of hydrogen-bond acceptors (Lipinski definition) is 4. The molecule has 0 saturated carbocycles. The summed E-state index contributed by atoms with van der Waals surface area (Å²) in [5.41, 5.74) is -0.651. The van der Waals surface area contributed by atoms with Gasteiger partial charge in [0.1, 0.15) is 11.3 Å². The lowest BCUT2D eigenvalue weighted by molar-refractivity contribution is -0.385. The highest BCUT2D eigenvalue weighted by molar-refractivity contribution is 6.30. The number of halogens is 2. The average Bonchev–Trinajstić information content (AvgIpc) is 2.40. The first-order valence-electron chi connectivity index (χ1n) is 5.53. The van der Waals surface area contributed by atoms with Crippen molar-refractivity contribution in [2.75, 3.05) is 0 Å². The van der Waals surface area contributed by atoms with Crippen molar-refractivity contribution in [2.45, 2.75) is 0 Å². The van der Waals surface area contributed by atoms with Crippen molar-refractivity contribution < 1.29 is 24.0 Å². The number of carboxylic acid groups (broad SMARTS) is 1. The Labute approximate surface area is 122 Å². The molecule has 2 aromatic carbocycles. The number of hydrogen-bond donors (Lipinski definition) is 1. The molecule has 0 fully saturated rings. The van der Waals surface area contributed by atoms with Crippen LogP contribution in [0.1, 0.15) is 10.4 Å². The van der Waals surface area contributed by atoms with Crippen LogP contribution in [0, 0.1) is 15.9 Å². The Morgan fingerprint density at radius 3 is 2.52 bits per heavy atom. The maximum absolute atomic E-state index is 13.7.